The Morgan fingerprint density at radius 3 is 2.52 bits per heavy atom. The van der Waals surface area contributed by atoms with Crippen LogP contribution in [0.3, 0.4) is 0 Å². The van der Waals surface area contributed by atoms with Crippen molar-refractivity contribution < 1.29 is 9.59 Å². The molecule has 120 valence electrons. The molecule has 2 saturated heterocycles. The van der Waals surface area contributed by atoms with Gasteiger partial charge in [-0.05, 0) is 43.7 Å². The second kappa shape index (κ2) is 6.01. The number of likely N-dealkylation sites (tertiary alicyclic amines) is 2. The quantitative estimate of drug-likeness (QED) is 0.860. The number of hydrogen-bond donors (Lipinski definition) is 1. The molecule has 0 aliphatic carbocycles. The number of rotatable bonds is 2. The fourth-order valence-corrected chi connectivity index (χ4v) is 3.73. The zero-order valence-corrected chi connectivity index (χ0v) is 13.3. The van der Waals surface area contributed by atoms with Gasteiger partial charge in [-0.1, -0.05) is 0 Å². The number of fused-ring (bicyclic) bond motifs is 1. The van der Waals surface area contributed by atoms with E-state index in [1.165, 1.54) is 0 Å². The van der Waals surface area contributed by atoms with Crippen molar-refractivity contribution in [2.24, 2.45) is 5.92 Å². The van der Waals surface area contributed by atoms with Crippen LogP contribution < -0.4 is 5.32 Å². The van der Waals surface area contributed by atoms with E-state index in [-0.39, 0.29) is 23.9 Å². The highest BCUT2D eigenvalue weighted by molar-refractivity contribution is 5.94. The van der Waals surface area contributed by atoms with Crippen LogP contribution >= 0.6 is 0 Å². The second-order valence-electron chi connectivity index (χ2n) is 6.26. The number of nitrogens with one attached hydrogen (secondary N) is 1. The van der Waals surface area contributed by atoms with Crippen molar-refractivity contribution in [1.29, 1.82) is 5.26 Å². The molecule has 1 aromatic rings. The minimum absolute atomic E-state index is 0.00576. The fourth-order valence-electron chi connectivity index (χ4n) is 3.73. The summed E-state index contributed by atoms with van der Waals surface area (Å²) in [5, 5.41) is 11.5. The van der Waals surface area contributed by atoms with E-state index in [4.69, 9.17) is 5.26 Å². The van der Waals surface area contributed by atoms with Gasteiger partial charge in [0.25, 0.3) is 5.91 Å². The van der Waals surface area contributed by atoms with Crippen LogP contribution in [0.25, 0.3) is 0 Å². The molecule has 1 aromatic carbocycles. The van der Waals surface area contributed by atoms with Gasteiger partial charge in [-0.2, -0.15) is 5.26 Å². The summed E-state index contributed by atoms with van der Waals surface area (Å²) in [7, 11) is 3.62. The van der Waals surface area contributed by atoms with Crippen molar-refractivity contribution in [2.45, 2.75) is 18.5 Å². The zero-order chi connectivity index (χ0) is 16.6. The molecule has 6 nitrogen and oxygen atoms in total. The molecular formula is C17H20N4O2. The molecule has 0 spiro atoms. The first-order valence-electron chi connectivity index (χ1n) is 7.78. The number of nitrogens with zero attached hydrogens (tertiary/aromatic N) is 3. The Morgan fingerprint density at radius 2 is 1.96 bits per heavy atom. The normalized spacial score (nSPS) is 26.7. The summed E-state index contributed by atoms with van der Waals surface area (Å²) in [6.45, 7) is 1.33. The number of carbonyl (C=O) groups excluding carboxylic acids is 2. The van der Waals surface area contributed by atoms with Crippen LogP contribution in [0.15, 0.2) is 24.3 Å². The summed E-state index contributed by atoms with van der Waals surface area (Å²) in [6, 6.07) is 8.92. The van der Waals surface area contributed by atoms with Crippen LogP contribution in [0, 0.1) is 17.2 Å². The third-order valence-corrected chi connectivity index (χ3v) is 5.04. The average molecular weight is 312 g/mol. The maximum absolute atomic E-state index is 12.6. The Kier molecular flexibility index (Phi) is 4.05. The number of hydrogen-bond acceptors (Lipinski definition) is 4. The number of benzene rings is 1. The third kappa shape index (κ3) is 2.68. The van der Waals surface area contributed by atoms with E-state index in [0.29, 0.717) is 30.1 Å². The standard InChI is InChI=1S/C17H20N4O2/c1-19-16(22)14-7-13-9-21(10-15(13)20(14)2)17(23)12-5-3-11(8-18)4-6-12/h3-6,13-15H,7,9-10H2,1-2H3,(H,19,22)/t13-,14-,15+/m0/s1. The van der Waals surface area contributed by atoms with Crippen LogP contribution in [0.1, 0.15) is 22.3 Å². The highest BCUT2D eigenvalue weighted by Gasteiger charge is 2.47. The first-order valence-corrected chi connectivity index (χ1v) is 7.78. The molecule has 2 aliphatic heterocycles. The SMILES string of the molecule is CNC(=O)[C@@H]1C[C@H]2CN(C(=O)c3ccc(C#N)cc3)C[C@H]2N1C. The lowest BCUT2D eigenvalue weighted by Gasteiger charge is -2.25. The third-order valence-electron chi connectivity index (χ3n) is 5.04. The van der Waals surface area contributed by atoms with Gasteiger partial charge in [0.15, 0.2) is 0 Å². The maximum atomic E-state index is 12.6. The van der Waals surface area contributed by atoms with Gasteiger partial charge >= 0.3 is 0 Å². The van der Waals surface area contributed by atoms with Gasteiger partial charge in [-0.25, -0.2) is 0 Å². The van der Waals surface area contributed by atoms with Crippen LogP contribution in [-0.2, 0) is 4.79 Å². The van der Waals surface area contributed by atoms with Crippen molar-refractivity contribution in [3.8, 4) is 6.07 Å². The fraction of sp³-hybridized carbons (Fsp3) is 0.471. The second-order valence-corrected chi connectivity index (χ2v) is 6.26. The summed E-state index contributed by atoms with van der Waals surface area (Å²) < 4.78 is 0. The number of carbonyl (C=O) groups is 2. The molecule has 3 atom stereocenters. The highest BCUT2D eigenvalue weighted by atomic mass is 16.2. The van der Waals surface area contributed by atoms with Crippen LogP contribution in [0.5, 0.6) is 0 Å². The molecular weight excluding hydrogens is 292 g/mol. The van der Waals surface area contributed by atoms with Crippen LogP contribution in [-0.4, -0.2) is 60.9 Å². The smallest absolute Gasteiger partial charge is 0.253 e. The summed E-state index contributed by atoms with van der Waals surface area (Å²) >= 11 is 0. The Morgan fingerprint density at radius 1 is 1.26 bits per heavy atom. The molecule has 3 rings (SSSR count). The number of amides is 2. The van der Waals surface area contributed by atoms with E-state index >= 15 is 0 Å². The average Bonchev–Trinajstić information content (AvgIpc) is 3.13. The molecule has 1 N–H and O–H groups in total. The Hall–Kier alpha value is -2.39. The van der Waals surface area contributed by atoms with Crippen LogP contribution in [0.2, 0.25) is 0 Å². The maximum Gasteiger partial charge on any atom is 0.253 e. The summed E-state index contributed by atoms with van der Waals surface area (Å²) in [4.78, 5) is 28.4. The molecule has 2 aliphatic rings. The lowest BCUT2D eigenvalue weighted by molar-refractivity contribution is -0.125. The molecule has 0 bridgehead atoms. The topological polar surface area (TPSA) is 76.4 Å². The number of nitriles is 1. The van der Waals surface area contributed by atoms with Gasteiger partial charge in [0.05, 0.1) is 17.7 Å². The first kappa shape index (κ1) is 15.5. The van der Waals surface area contributed by atoms with Crippen LogP contribution in [0.4, 0.5) is 0 Å². The molecule has 2 amide bonds. The first-order chi connectivity index (χ1) is 11.0. The summed E-state index contributed by atoms with van der Waals surface area (Å²) in [5.74, 6) is 0.380. The van der Waals surface area contributed by atoms with Crippen molar-refractivity contribution >= 4 is 11.8 Å². The highest BCUT2D eigenvalue weighted by Crippen LogP contribution is 2.35. The van der Waals surface area contributed by atoms with E-state index < -0.39 is 0 Å². The predicted molar refractivity (Wildman–Crippen MR) is 84.6 cm³/mol. The van der Waals surface area contributed by atoms with Crippen molar-refractivity contribution in [3.63, 3.8) is 0 Å². The van der Waals surface area contributed by atoms with E-state index in [0.717, 1.165) is 6.42 Å². The van der Waals surface area contributed by atoms with Crippen molar-refractivity contribution in [1.82, 2.24) is 15.1 Å². The molecule has 0 unspecified atom stereocenters. The molecule has 0 aromatic heterocycles. The Balaban J connectivity index is 1.68. The summed E-state index contributed by atoms with van der Waals surface area (Å²) in [5.41, 5.74) is 1.16. The lowest BCUT2D eigenvalue weighted by atomic mass is 10.0. The lowest BCUT2D eigenvalue weighted by Crippen LogP contribution is -2.45. The van der Waals surface area contributed by atoms with E-state index in [2.05, 4.69) is 16.3 Å². The van der Waals surface area contributed by atoms with Gasteiger partial charge in [-0.15, -0.1) is 0 Å². The molecule has 0 radical (unpaired) electrons. The number of likely N-dealkylation sites (N-methyl/N-ethyl adjacent to an activating group) is 2. The van der Waals surface area contributed by atoms with Gasteiger partial charge in [0.2, 0.25) is 5.91 Å². The largest absolute Gasteiger partial charge is 0.358 e. The molecule has 0 saturated carbocycles. The Bertz CT molecular complexity index is 664. The van der Waals surface area contributed by atoms with E-state index in [1.807, 2.05) is 11.9 Å². The van der Waals surface area contributed by atoms with Gasteiger partial charge < -0.3 is 10.2 Å². The van der Waals surface area contributed by atoms with Gasteiger partial charge in [-0.3, -0.25) is 14.5 Å². The molecule has 23 heavy (non-hydrogen) atoms. The molecule has 2 heterocycles. The molecule has 6 heteroatoms. The van der Waals surface area contributed by atoms with Gasteiger partial charge in [0.1, 0.15) is 0 Å². The van der Waals surface area contributed by atoms with Crippen molar-refractivity contribution in [2.75, 3.05) is 27.2 Å². The monoisotopic (exact) mass is 312 g/mol. The zero-order valence-electron chi connectivity index (χ0n) is 13.3. The van der Waals surface area contributed by atoms with Crippen molar-refractivity contribution in [3.05, 3.63) is 35.4 Å². The Labute approximate surface area is 135 Å². The minimum Gasteiger partial charge on any atom is -0.358 e. The van der Waals surface area contributed by atoms with E-state index in [1.54, 1.807) is 31.3 Å². The van der Waals surface area contributed by atoms with Gasteiger partial charge in [0, 0.05) is 31.7 Å². The summed E-state index contributed by atoms with van der Waals surface area (Å²) in [6.07, 6.45) is 0.790. The minimum atomic E-state index is -0.0952. The molecule has 2 fully saturated rings. The van der Waals surface area contributed by atoms with E-state index in [9.17, 15) is 9.59 Å². The predicted octanol–water partition coefficient (Wildman–Crippen LogP) is 0.449.